The Morgan fingerprint density at radius 1 is 1.12 bits per heavy atom. The highest BCUT2D eigenvalue weighted by molar-refractivity contribution is 5.94. The van der Waals surface area contributed by atoms with Gasteiger partial charge in [-0.1, -0.05) is 18.6 Å². The second kappa shape index (κ2) is 7.93. The monoisotopic (exact) mass is 324 g/mol. The van der Waals surface area contributed by atoms with Crippen molar-refractivity contribution >= 4 is 11.6 Å². The summed E-state index contributed by atoms with van der Waals surface area (Å²) in [5, 5.41) is 3.00. The van der Waals surface area contributed by atoms with E-state index in [0.717, 1.165) is 30.8 Å². The van der Waals surface area contributed by atoms with Gasteiger partial charge in [-0.25, -0.2) is 0 Å². The number of nitrogen functional groups attached to an aromatic ring is 1. The number of hydrogen-bond acceptors (Lipinski definition) is 4. The fraction of sp³-hybridized carbons (Fsp3) is 0.368. The number of nitrogens with one attached hydrogen (secondary N) is 1. The Balaban J connectivity index is 1.55. The number of carbonyl (C=O) groups is 1. The molecule has 126 valence electrons. The Bertz CT molecular complexity index is 678. The predicted molar refractivity (Wildman–Crippen MR) is 96.7 cm³/mol. The molecule has 1 fully saturated rings. The van der Waals surface area contributed by atoms with Crippen molar-refractivity contribution in [3.63, 3.8) is 0 Å². The van der Waals surface area contributed by atoms with Crippen LogP contribution in [0.25, 0.3) is 11.1 Å². The molecular weight excluding hydrogens is 300 g/mol. The van der Waals surface area contributed by atoms with Crippen molar-refractivity contribution in [2.75, 3.05) is 31.9 Å². The minimum Gasteiger partial charge on any atom is -0.397 e. The van der Waals surface area contributed by atoms with E-state index in [1.54, 1.807) is 12.4 Å². The first-order valence-electron chi connectivity index (χ1n) is 8.54. The lowest BCUT2D eigenvalue weighted by molar-refractivity contribution is 0.0946. The molecule has 0 bridgehead atoms. The van der Waals surface area contributed by atoms with Crippen LogP contribution in [-0.4, -0.2) is 42.0 Å². The SMILES string of the molecule is Nc1cnccc1-c1ccc(C(=O)NCCN2CCCCC2)cc1. The van der Waals surface area contributed by atoms with E-state index in [1.165, 1.54) is 19.3 Å². The van der Waals surface area contributed by atoms with Crippen LogP contribution in [0.1, 0.15) is 29.6 Å². The van der Waals surface area contributed by atoms with Gasteiger partial charge >= 0.3 is 0 Å². The number of piperidine rings is 1. The standard InChI is InChI=1S/C19H24N4O/c20-18-14-21-9-8-17(18)15-4-6-16(7-5-15)19(24)22-10-13-23-11-2-1-3-12-23/h4-9,14H,1-3,10-13,20H2,(H,22,24). The van der Waals surface area contributed by atoms with Gasteiger partial charge in [-0.3, -0.25) is 9.78 Å². The van der Waals surface area contributed by atoms with Gasteiger partial charge in [0.1, 0.15) is 0 Å². The molecule has 24 heavy (non-hydrogen) atoms. The lowest BCUT2D eigenvalue weighted by Crippen LogP contribution is -2.37. The number of aromatic nitrogens is 1. The first kappa shape index (κ1) is 16.5. The van der Waals surface area contributed by atoms with E-state index in [1.807, 2.05) is 30.3 Å². The zero-order chi connectivity index (χ0) is 16.8. The van der Waals surface area contributed by atoms with E-state index >= 15 is 0 Å². The summed E-state index contributed by atoms with van der Waals surface area (Å²) in [6, 6.07) is 9.40. The molecule has 1 saturated heterocycles. The molecule has 0 atom stereocenters. The van der Waals surface area contributed by atoms with Crippen LogP contribution in [0, 0.1) is 0 Å². The lowest BCUT2D eigenvalue weighted by atomic mass is 10.0. The average molecular weight is 324 g/mol. The summed E-state index contributed by atoms with van der Waals surface area (Å²) in [7, 11) is 0. The molecule has 5 nitrogen and oxygen atoms in total. The van der Waals surface area contributed by atoms with E-state index in [4.69, 9.17) is 5.73 Å². The third kappa shape index (κ3) is 4.11. The smallest absolute Gasteiger partial charge is 0.251 e. The summed E-state index contributed by atoms with van der Waals surface area (Å²) >= 11 is 0. The van der Waals surface area contributed by atoms with Gasteiger partial charge in [0.25, 0.3) is 5.91 Å². The molecule has 0 unspecified atom stereocenters. The number of carbonyl (C=O) groups excluding carboxylic acids is 1. The zero-order valence-electron chi connectivity index (χ0n) is 13.9. The number of pyridine rings is 1. The van der Waals surface area contributed by atoms with E-state index in [0.29, 0.717) is 17.8 Å². The Morgan fingerprint density at radius 3 is 2.58 bits per heavy atom. The number of rotatable bonds is 5. The maximum Gasteiger partial charge on any atom is 0.251 e. The van der Waals surface area contributed by atoms with Crippen LogP contribution < -0.4 is 11.1 Å². The van der Waals surface area contributed by atoms with Gasteiger partial charge < -0.3 is 16.0 Å². The zero-order valence-corrected chi connectivity index (χ0v) is 13.9. The van der Waals surface area contributed by atoms with E-state index in [-0.39, 0.29) is 5.91 Å². The maximum absolute atomic E-state index is 12.2. The van der Waals surface area contributed by atoms with Crippen LogP contribution in [0.2, 0.25) is 0 Å². The summed E-state index contributed by atoms with van der Waals surface area (Å²) in [6.45, 7) is 3.92. The minimum atomic E-state index is -0.0266. The number of nitrogens with zero attached hydrogens (tertiary/aromatic N) is 2. The van der Waals surface area contributed by atoms with Gasteiger partial charge in [0.05, 0.1) is 11.9 Å². The number of hydrogen-bond donors (Lipinski definition) is 2. The third-order valence-corrected chi connectivity index (χ3v) is 4.47. The Morgan fingerprint density at radius 2 is 1.88 bits per heavy atom. The summed E-state index contributed by atoms with van der Waals surface area (Å²) in [5.41, 5.74) is 9.17. The van der Waals surface area contributed by atoms with Crippen LogP contribution in [0.4, 0.5) is 5.69 Å². The van der Waals surface area contributed by atoms with Crippen LogP contribution >= 0.6 is 0 Å². The van der Waals surface area contributed by atoms with Crippen molar-refractivity contribution < 1.29 is 4.79 Å². The summed E-state index contributed by atoms with van der Waals surface area (Å²) < 4.78 is 0. The van der Waals surface area contributed by atoms with Crippen molar-refractivity contribution in [1.29, 1.82) is 0 Å². The highest BCUT2D eigenvalue weighted by Gasteiger charge is 2.11. The van der Waals surface area contributed by atoms with E-state index in [2.05, 4.69) is 15.2 Å². The molecule has 0 saturated carbocycles. The molecule has 1 aromatic heterocycles. The minimum absolute atomic E-state index is 0.0266. The van der Waals surface area contributed by atoms with Gasteiger partial charge in [0.15, 0.2) is 0 Å². The van der Waals surface area contributed by atoms with Crippen molar-refractivity contribution in [3.8, 4) is 11.1 Å². The Hall–Kier alpha value is -2.40. The summed E-state index contributed by atoms with van der Waals surface area (Å²) in [4.78, 5) is 18.6. The molecule has 3 rings (SSSR count). The number of likely N-dealkylation sites (tertiary alicyclic amines) is 1. The van der Waals surface area contributed by atoms with E-state index < -0.39 is 0 Å². The molecule has 0 radical (unpaired) electrons. The van der Waals surface area contributed by atoms with Crippen molar-refractivity contribution in [1.82, 2.24) is 15.2 Å². The Labute approximate surface area is 142 Å². The topological polar surface area (TPSA) is 71.2 Å². The molecule has 1 aliphatic rings. The van der Waals surface area contributed by atoms with Gasteiger partial charge in [0.2, 0.25) is 0 Å². The van der Waals surface area contributed by atoms with Crippen LogP contribution in [0.3, 0.4) is 0 Å². The van der Waals surface area contributed by atoms with E-state index in [9.17, 15) is 4.79 Å². The third-order valence-electron chi connectivity index (χ3n) is 4.47. The maximum atomic E-state index is 12.2. The van der Waals surface area contributed by atoms with Gasteiger partial charge in [-0.15, -0.1) is 0 Å². The molecule has 2 heterocycles. The van der Waals surface area contributed by atoms with Gasteiger partial charge in [-0.2, -0.15) is 0 Å². The summed E-state index contributed by atoms with van der Waals surface area (Å²) in [5.74, 6) is -0.0266. The number of benzene rings is 1. The van der Waals surface area contributed by atoms with Crippen molar-refractivity contribution in [3.05, 3.63) is 48.3 Å². The molecule has 1 amide bonds. The number of amides is 1. The molecular formula is C19H24N4O. The number of anilines is 1. The second-order valence-corrected chi connectivity index (χ2v) is 6.20. The molecule has 3 N–H and O–H groups in total. The normalized spacial score (nSPS) is 15.2. The Kier molecular flexibility index (Phi) is 5.43. The highest BCUT2D eigenvalue weighted by Crippen LogP contribution is 2.24. The fourth-order valence-corrected chi connectivity index (χ4v) is 3.08. The van der Waals surface area contributed by atoms with Crippen molar-refractivity contribution in [2.24, 2.45) is 0 Å². The lowest BCUT2D eigenvalue weighted by Gasteiger charge is -2.26. The summed E-state index contributed by atoms with van der Waals surface area (Å²) in [6.07, 6.45) is 7.22. The van der Waals surface area contributed by atoms with Gasteiger partial charge in [0, 0.05) is 30.4 Å². The quantitative estimate of drug-likeness (QED) is 0.886. The van der Waals surface area contributed by atoms with Crippen molar-refractivity contribution in [2.45, 2.75) is 19.3 Å². The molecule has 5 heteroatoms. The predicted octanol–water partition coefficient (Wildman–Crippen LogP) is 2.55. The first-order valence-corrected chi connectivity index (χ1v) is 8.54. The fourth-order valence-electron chi connectivity index (χ4n) is 3.08. The number of nitrogens with two attached hydrogens (primary N) is 1. The molecule has 2 aromatic rings. The first-order chi connectivity index (χ1) is 11.7. The van der Waals surface area contributed by atoms with Crippen LogP contribution in [-0.2, 0) is 0 Å². The highest BCUT2D eigenvalue weighted by atomic mass is 16.1. The molecule has 1 aromatic carbocycles. The molecule has 1 aliphatic heterocycles. The van der Waals surface area contributed by atoms with Gasteiger partial charge in [-0.05, 0) is 49.7 Å². The molecule has 0 aliphatic carbocycles. The average Bonchev–Trinajstić information content (AvgIpc) is 2.63. The van der Waals surface area contributed by atoms with Crippen LogP contribution in [0.15, 0.2) is 42.7 Å². The largest absolute Gasteiger partial charge is 0.397 e. The molecule has 0 spiro atoms. The second-order valence-electron chi connectivity index (χ2n) is 6.20. The van der Waals surface area contributed by atoms with Crippen LogP contribution in [0.5, 0.6) is 0 Å².